The Balaban J connectivity index is 2.29. The third-order valence-electron chi connectivity index (χ3n) is 3.26. The second-order valence-electron chi connectivity index (χ2n) is 5.04. The zero-order valence-electron chi connectivity index (χ0n) is 10.5. The number of benzene rings is 1. The fraction of sp³-hybridized carbons (Fsp3) is 0.500. The summed E-state index contributed by atoms with van der Waals surface area (Å²) in [5.74, 6) is 0.150. The van der Waals surface area contributed by atoms with E-state index in [1.165, 1.54) is 11.0 Å². The Morgan fingerprint density at radius 1 is 1.41 bits per heavy atom. The van der Waals surface area contributed by atoms with Crippen LogP contribution in [0.1, 0.15) is 38.2 Å². The van der Waals surface area contributed by atoms with Gasteiger partial charge in [0.25, 0.3) is 0 Å². The number of anilines is 1. The highest BCUT2D eigenvalue weighted by Crippen LogP contribution is 2.33. The number of carbonyl (C=O) groups is 1. The molecule has 0 radical (unpaired) electrons. The van der Waals surface area contributed by atoms with E-state index in [9.17, 15) is 9.18 Å². The summed E-state index contributed by atoms with van der Waals surface area (Å²) < 4.78 is 13.7. The Bertz CT molecular complexity index is 438. The molecule has 1 aliphatic carbocycles. The lowest BCUT2D eigenvalue weighted by Crippen LogP contribution is -2.28. The Hall–Kier alpha value is -1.38. The largest absolute Gasteiger partial charge is 0.313 e. The first-order valence-electron chi connectivity index (χ1n) is 6.07. The summed E-state index contributed by atoms with van der Waals surface area (Å²) in [5, 5.41) is 0. The van der Waals surface area contributed by atoms with Gasteiger partial charge in [0.15, 0.2) is 0 Å². The molecule has 1 aromatic carbocycles. The van der Waals surface area contributed by atoms with Crippen molar-refractivity contribution in [3.63, 3.8) is 0 Å². The summed E-state index contributed by atoms with van der Waals surface area (Å²) in [5.41, 5.74) is 1.45. The monoisotopic (exact) mass is 235 g/mol. The van der Waals surface area contributed by atoms with E-state index in [1.54, 1.807) is 19.2 Å². The molecular formula is C14H18FNO. The maximum absolute atomic E-state index is 13.7. The smallest absolute Gasteiger partial charge is 0.229 e. The summed E-state index contributed by atoms with van der Waals surface area (Å²) in [6.07, 6.45) is 1.88. The van der Waals surface area contributed by atoms with Gasteiger partial charge in [0.1, 0.15) is 5.82 Å². The highest BCUT2D eigenvalue weighted by atomic mass is 19.1. The van der Waals surface area contributed by atoms with E-state index in [0.717, 1.165) is 18.4 Å². The molecule has 1 fully saturated rings. The molecule has 0 saturated heterocycles. The van der Waals surface area contributed by atoms with Crippen LogP contribution in [-0.4, -0.2) is 13.0 Å². The van der Waals surface area contributed by atoms with Gasteiger partial charge >= 0.3 is 0 Å². The number of amides is 1. The maximum Gasteiger partial charge on any atom is 0.229 e. The number of hydrogen-bond acceptors (Lipinski definition) is 1. The minimum Gasteiger partial charge on any atom is -0.313 e. The van der Waals surface area contributed by atoms with E-state index >= 15 is 0 Å². The van der Waals surface area contributed by atoms with Crippen LogP contribution in [0.5, 0.6) is 0 Å². The van der Waals surface area contributed by atoms with Gasteiger partial charge in [0, 0.05) is 13.0 Å². The number of nitrogens with zero attached hydrogens (tertiary/aromatic N) is 1. The van der Waals surface area contributed by atoms with E-state index < -0.39 is 0 Å². The molecule has 0 heterocycles. The van der Waals surface area contributed by atoms with Crippen LogP contribution in [0.4, 0.5) is 10.1 Å². The first kappa shape index (κ1) is 12.1. The fourth-order valence-electron chi connectivity index (χ4n) is 1.87. The van der Waals surface area contributed by atoms with Crippen molar-refractivity contribution >= 4 is 11.6 Å². The minimum atomic E-state index is -0.328. The van der Waals surface area contributed by atoms with E-state index in [0.29, 0.717) is 11.6 Å². The molecule has 1 amide bonds. The molecule has 0 aromatic heterocycles. The summed E-state index contributed by atoms with van der Waals surface area (Å²) in [4.78, 5) is 13.4. The van der Waals surface area contributed by atoms with Crippen molar-refractivity contribution in [3.05, 3.63) is 29.6 Å². The van der Waals surface area contributed by atoms with Gasteiger partial charge in [-0.3, -0.25) is 4.79 Å². The minimum absolute atomic E-state index is 0.0322. The lowest BCUT2D eigenvalue weighted by Gasteiger charge is -2.19. The topological polar surface area (TPSA) is 20.3 Å². The zero-order chi connectivity index (χ0) is 12.6. The molecule has 0 aliphatic heterocycles. The highest BCUT2D eigenvalue weighted by Gasteiger charge is 2.33. The highest BCUT2D eigenvalue weighted by molar-refractivity contribution is 5.96. The van der Waals surface area contributed by atoms with E-state index in [4.69, 9.17) is 0 Å². The summed E-state index contributed by atoms with van der Waals surface area (Å²) in [7, 11) is 1.66. The molecule has 0 spiro atoms. The van der Waals surface area contributed by atoms with Crippen molar-refractivity contribution < 1.29 is 9.18 Å². The van der Waals surface area contributed by atoms with Crippen molar-refractivity contribution in [1.82, 2.24) is 0 Å². The molecule has 17 heavy (non-hydrogen) atoms. The van der Waals surface area contributed by atoms with Crippen LogP contribution in [0.25, 0.3) is 0 Å². The average Bonchev–Trinajstić information content (AvgIpc) is 3.11. The van der Waals surface area contributed by atoms with Crippen molar-refractivity contribution in [2.75, 3.05) is 11.9 Å². The van der Waals surface area contributed by atoms with Crippen LogP contribution in [0.15, 0.2) is 18.2 Å². The third-order valence-corrected chi connectivity index (χ3v) is 3.26. The van der Waals surface area contributed by atoms with Crippen molar-refractivity contribution in [1.29, 1.82) is 0 Å². The Morgan fingerprint density at radius 2 is 2.06 bits per heavy atom. The van der Waals surface area contributed by atoms with Crippen LogP contribution in [-0.2, 0) is 4.79 Å². The molecule has 1 saturated carbocycles. The van der Waals surface area contributed by atoms with Crippen LogP contribution < -0.4 is 4.90 Å². The molecule has 1 aliphatic rings. The van der Waals surface area contributed by atoms with Gasteiger partial charge in [-0.25, -0.2) is 4.39 Å². The second-order valence-corrected chi connectivity index (χ2v) is 5.04. The number of hydrogen-bond donors (Lipinski definition) is 0. The SMILES string of the molecule is CC(C)c1ccc(F)c(N(C)C(=O)C2CC2)c1. The van der Waals surface area contributed by atoms with Gasteiger partial charge in [0.2, 0.25) is 5.91 Å². The van der Waals surface area contributed by atoms with Gasteiger partial charge in [0.05, 0.1) is 5.69 Å². The summed E-state index contributed by atoms with van der Waals surface area (Å²) >= 11 is 0. The number of rotatable bonds is 3. The van der Waals surface area contributed by atoms with Crippen LogP contribution >= 0.6 is 0 Å². The predicted molar refractivity (Wildman–Crippen MR) is 66.6 cm³/mol. The molecule has 2 nitrogen and oxygen atoms in total. The number of halogens is 1. The van der Waals surface area contributed by atoms with Crippen LogP contribution in [0.3, 0.4) is 0 Å². The van der Waals surface area contributed by atoms with Gasteiger partial charge in [-0.15, -0.1) is 0 Å². The van der Waals surface area contributed by atoms with Crippen molar-refractivity contribution in [2.45, 2.75) is 32.6 Å². The molecule has 1 aromatic rings. The lowest BCUT2D eigenvalue weighted by atomic mass is 10.0. The Kier molecular flexibility index (Phi) is 3.18. The standard InChI is InChI=1S/C14H18FNO/c1-9(2)11-6-7-12(15)13(8-11)16(3)14(17)10-4-5-10/h6-10H,4-5H2,1-3H3. The Labute approximate surface area is 101 Å². The Morgan fingerprint density at radius 3 is 2.59 bits per heavy atom. The van der Waals surface area contributed by atoms with E-state index in [1.807, 2.05) is 0 Å². The molecule has 2 rings (SSSR count). The molecule has 0 N–H and O–H groups in total. The normalized spacial score (nSPS) is 15.1. The molecule has 3 heteroatoms. The van der Waals surface area contributed by atoms with Crippen molar-refractivity contribution in [3.8, 4) is 0 Å². The first-order chi connectivity index (χ1) is 8.00. The third kappa shape index (κ3) is 2.48. The fourth-order valence-corrected chi connectivity index (χ4v) is 1.87. The van der Waals surface area contributed by atoms with Gasteiger partial charge in [-0.05, 0) is 36.5 Å². The van der Waals surface area contributed by atoms with Gasteiger partial charge in [-0.1, -0.05) is 19.9 Å². The number of carbonyl (C=O) groups excluding carboxylic acids is 1. The maximum atomic E-state index is 13.7. The van der Waals surface area contributed by atoms with E-state index in [-0.39, 0.29) is 17.6 Å². The summed E-state index contributed by atoms with van der Waals surface area (Å²) in [6.45, 7) is 4.11. The van der Waals surface area contributed by atoms with E-state index in [2.05, 4.69) is 13.8 Å². The predicted octanol–water partition coefficient (Wildman–Crippen LogP) is 3.32. The zero-order valence-corrected chi connectivity index (χ0v) is 10.5. The molecular weight excluding hydrogens is 217 g/mol. The summed E-state index contributed by atoms with van der Waals surface area (Å²) in [6, 6.07) is 5.00. The molecule has 0 bridgehead atoms. The van der Waals surface area contributed by atoms with Gasteiger partial charge in [-0.2, -0.15) is 0 Å². The molecule has 92 valence electrons. The molecule has 0 atom stereocenters. The van der Waals surface area contributed by atoms with Crippen LogP contribution in [0, 0.1) is 11.7 Å². The second kappa shape index (κ2) is 4.47. The molecule has 0 unspecified atom stereocenters. The van der Waals surface area contributed by atoms with Crippen LogP contribution in [0.2, 0.25) is 0 Å². The average molecular weight is 235 g/mol. The quantitative estimate of drug-likeness (QED) is 0.787. The first-order valence-corrected chi connectivity index (χ1v) is 6.07. The lowest BCUT2D eigenvalue weighted by molar-refractivity contribution is -0.119. The van der Waals surface area contributed by atoms with Crippen molar-refractivity contribution in [2.24, 2.45) is 5.92 Å². The van der Waals surface area contributed by atoms with Gasteiger partial charge < -0.3 is 4.90 Å².